The minimum atomic E-state index is 0.675. The van der Waals surface area contributed by atoms with E-state index in [9.17, 15) is 0 Å². The highest BCUT2D eigenvalue weighted by Crippen LogP contribution is 2.20. The quantitative estimate of drug-likeness (QED) is 0.757. The Morgan fingerprint density at radius 3 is 2.44 bits per heavy atom. The lowest BCUT2D eigenvalue weighted by Crippen LogP contribution is -2.48. The van der Waals surface area contributed by atoms with Crippen LogP contribution in [0.5, 0.6) is 0 Å². The second-order valence-electron chi connectivity index (χ2n) is 5.73. The molecular formula is C13H27N3. The number of nitrogens with zero attached hydrogens (tertiary/aromatic N) is 2. The summed E-state index contributed by atoms with van der Waals surface area (Å²) in [4.78, 5) is 5.03. The molecule has 3 nitrogen and oxygen atoms in total. The normalized spacial score (nSPS) is 26.2. The minimum Gasteiger partial charge on any atom is -0.312 e. The molecule has 1 unspecified atom stereocenters. The maximum absolute atomic E-state index is 3.63. The summed E-state index contributed by atoms with van der Waals surface area (Å²) < 4.78 is 0. The predicted octanol–water partition coefficient (Wildman–Crippen LogP) is 1.15. The molecule has 1 aliphatic carbocycles. The van der Waals surface area contributed by atoms with Gasteiger partial charge < -0.3 is 10.2 Å². The molecule has 1 heterocycles. The molecule has 16 heavy (non-hydrogen) atoms. The molecule has 0 aromatic rings. The number of likely N-dealkylation sites (tertiary alicyclic amines) is 1. The molecule has 2 fully saturated rings. The average Bonchev–Trinajstić information content (AvgIpc) is 3.10. The van der Waals surface area contributed by atoms with E-state index in [0.29, 0.717) is 6.04 Å². The van der Waals surface area contributed by atoms with Crippen molar-refractivity contribution in [1.82, 2.24) is 15.1 Å². The largest absolute Gasteiger partial charge is 0.312 e. The predicted molar refractivity (Wildman–Crippen MR) is 68.8 cm³/mol. The highest BCUT2D eigenvalue weighted by atomic mass is 15.2. The molecule has 1 atom stereocenters. The van der Waals surface area contributed by atoms with E-state index in [4.69, 9.17) is 0 Å². The fourth-order valence-corrected chi connectivity index (χ4v) is 2.53. The Balaban J connectivity index is 1.69. The van der Waals surface area contributed by atoms with Crippen LogP contribution < -0.4 is 5.32 Å². The average molecular weight is 225 g/mol. The van der Waals surface area contributed by atoms with Crippen molar-refractivity contribution in [1.29, 1.82) is 0 Å². The highest BCUT2D eigenvalue weighted by Gasteiger charge is 2.25. The third kappa shape index (κ3) is 3.44. The first kappa shape index (κ1) is 12.3. The Labute approximate surface area is 100 Å². The molecule has 0 aromatic carbocycles. The SMILES string of the molecule is CC(CNC1CC1)N(C)C1CCN(C)CC1. The molecule has 3 heteroatoms. The molecular weight excluding hydrogens is 198 g/mol. The van der Waals surface area contributed by atoms with Crippen LogP contribution in [0.1, 0.15) is 32.6 Å². The first-order valence-electron chi connectivity index (χ1n) is 6.80. The maximum Gasteiger partial charge on any atom is 0.0192 e. The van der Waals surface area contributed by atoms with E-state index in [1.807, 2.05) is 0 Å². The molecule has 0 spiro atoms. The highest BCUT2D eigenvalue weighted by molar-refractivity contribution is 4.85. The van der Waals surface area contributed by atoms with Gasteiger partial charge in [0.1, 0.15) is 0 Å². The summed E-state index contributed by atoms with van der Waals surface area (Å²) >= 11 is 0. The van der Waals surface area contributed by atoms with Crippen LogP contribution in [0.2, 0.25) is 0 Å². The van der Waals surface area contributed by atoms with Crippen LogP contribution in [0.3, 0.4) is 0 Å². The van der Waals surface area contributed by atoms with Gasteiger partial charge in [0.25, 0.3) is 0 Å². The fourth-order valence-electron chi connectivity index (χ4n) is 2.53. The fraction of sp³-hybridized carbons (Fsp3) is 1.00. The summed E-state index contributed by atoms with van der Waals surface area (Å²) in [5.74, 6) is 0. The third-order valence-corrected chi connectivity index (χ3v) is 4.24. The van der Waals surface area contributed by atoms with Gasteiger partial charge >= 0.3 is 0 Å². The minimum absolute atomic E-state index is 0.675. The third-order valence-electron chi connectivity index (χ3n) is 4.24. The van der Waals surface area contributed by atoms with Gasteiger partial charge in [0.05, 0.1) is 0 Å². The molecule has 0 amide bonds. The Bertz CT molecular complexity index is 207. The molecule has 1 N–H and O–H groups in total. The molecule has 1 saturated heterocycles. The Kier molecular flexibility index (Phi) is 4.22. The van der Waals surface area contributed by atoms with Gasteiger partial charge in [-0.15, -0.1) is 0 Å². The van der Waals surface area contributed by atoms with Crippen molar-refractivity contribution in [2.45, 2.75) is 50.7 Å². The Morgan fingerprint density at radius 1 is 1.25 bits per heavy atom. The van der Waals surface area contributed by atoms with Gasteiger partial charge in [-0.3, -0.25) is 4.90 Å². The molecule has 2 aliphatic rings. The summed E-state index contributed by atoms with van der Waals surface area (Å²) in [5, 5.41) is 3.63. The summed E-state index contributed by atoms with van der Waals surface area (Å²) in [6.07, 6.45) is 5.46. The van der Waals surface area contributed by atoms with Crippen molar-refractivity contribution in [2.75, 3.05) is 33.7 Å². The molecule has 1 saturated carbocycles. The number of nitrogens with one attached hydrogen (secondary N) is 1. The molecule has 0 radical (unpaired) electrons. The van der Waals surface area contributed by atoms with Gasteiger partial charge in [0, 0.05) is 24.7 Å². The van der Waals surface area contributed by atoms with Crippen molar-refractivity contribution in [2.24, 2.45) is 0 Å². The van der Waals surface area contributed by atoms with Crippen molar-refractivity contribution in [3.63, 3.8) is 0 Å². The van der Waals surface area contributed by atoms with E-state index in [1.54, 1.807) is 0 Å². The van der Waals surface area contributed by atoms with Crippen molar-refractivity contribution < 1.29 is 0 Å². The maximum atomic E-state index is 3.63. The second-order valence-corrected chi connectivity index (χ2v) is 5.73. The monoisotopic (exact) mass is 225 g/mol. The number of likely N-dealkylation sites (N-methyl/N-ethyl adjacent to an activating group) is 1. The summed E-state index contributed by atoms with van der Waals surface area (Å²) in [6, 6.07) is 2.31. The van der Waals surface area contributed by atoms with Crippen LogP contribution in [0, 0.1) is 0 Å². The summed E-state index contributed by atoms with van der Waals surface area (Å²) in [7, 11) is 4.53. The van der Waals surface area contributed by atoms with E-state index in [-0.39, 0.29) is 0 Å². The van der Waals surface area contributed by atoms with Crippen LogP contribution in [0.4, 0.5) is 0 Å². The summed E-state index contributed by atoms with van der Waals surface area (Å²) in [5.41, 5.74) is 0. The summed E-state index contributed by atoms with van der Waals surface area (Å²) in [6.45, 7) is 6.04. The van der Waals surface area contributed by atoms with Crippen LogP contribution in [0.25, 0.3) is 0 Å². The van der Waals surface area contributed by atoms with Gasteiger partial charge in [-0.1, -0.05) is 0 Å². The van der Waals surface area contributed by atoms with Crippen LogP contribution in [-0.2, 0) is 0 Å². The zero-order valence-corrected chi connectivity index (χ0v) is 11.1. The van der Waals surface area contributed by atoms with Crippen LogP contribution in [-0.4, -0.2) is 61.7 Å². The van der Waals surface area contributed by atoms with Gasteiger partial charge in [0.15, 0.2) is 0 Å². The first-order chi connectivity index (χ1) is 7.66. The lowest BCUT2D eigenvalue weighted by Gasteiger charge is -2.38. The number of hydrogen-bond donors (Lipinski definition) is 1. The van der Waals surface area contributed by atoms with Crippen LogP contribution >= 0.6 is 0 Å². The second kappa shape index (κ2) is 5.48. The molecule has 0 bridgehead atoms. The van der Waals surface area contributed by atoms with E-state index >= 15 is 0 Å². The smallest absolute Gasteiger partial charge is 0.0192 e. The standard InChI is InChI=1S/C13H27N3/c1-11(10-14-12-4-5-12)16(3)13-6-8-15(2)9-7-13/h11-14H,4-10H2,1-3H3. The number of piperidine rings is 1. The van der Waals surface area contributed by atoms with Crippen molar-refractivity contribution >= 4 is 0 Å². The van der Waals surface area contributed by atoms with E-state index in [2.05, 4.69) is 36.1 Å². The molecule has 94 valence electrons. The van der Waals surface area contributed by atoms with Gasteiger partial charge in [-0.25, -0.2) is 0 Å². The molecule has 2 rings (SSSR count). The zero-order chi connectivity index (χ0) is 11.5. The van der Waals surface area contributed by atoms with Crippen LogP contribution in [0.15, 0.2) is 0 Å². The first-order valence-corrected chi connectivity index (χ1v) is 6.80. The number of hydrogen-bond acceptors (Lipinski definition) is 3. The topological polar surface area (TPSA) is 18.5 Å². The van der Waals surface area contributed by atoms with Gasteiger partial charge in [-0.05, 0) is 59.8 Å². The number of rotatable bonds is 5. The Hall–Kier alpha value is -0.120. The van der Waals surface area contributed by atoms with E-state index < -0.39 is 0 Å². The van der Waals surface area contributed by atoms with E-state index in [1.165, 1.54) is 38.8 Å². The lowest BCUT2D eigenvalue weighted by molar-refractivity contribution is 0.112. The molecule has 1 aliphatic heterocycles. The lowest BCUT2D eigenvalue weighted by atomic mass is 10.0. The van der Waals surface area contributed by atoms with Crippen molar-refractivity contribution in [3.05, 3.63) is 0 Å². The molecule has 0 aromatic heterocycles. The van der Waals surface area contributed by atoms with Gasteiger partial charge in [0.2, 0.25) is 0 Å². The zero-order valence-electron chi connectivity index (χ0n) is 11.1. The van der Waals surface area contributed by atoms with E-state index in [0.717, 1.165) is 18.6 Å². The Morgan fingerprint density at radius 2 is 1.88 bits per heavy atom. The van der Waals surface area contributed by atoms with Gasteiger partial charge in [-0.2, -0.15) is 0 Å². The van der Waals surface area contributed by atoms with Crippen molar-refractivity contribution in [3.8, 4) is 0 Å².